The molecular formula is C15H30N2O2. The highest BCUT2D eigenvalue weighted by atomic mass is 16.5. The molecule has 4 nitrogen and oxygen atoms in total. The van der Waals surface area contributed by atoms with Gasteiger partial charge in [-0.2, -0.15) is 0 Å². The quantitative estimate of drug-likeness (QED) is 0.594. The lowest BCUT2D eigenvalue weighted by Gasteiger charge is -2.47. The highest BCUT2D eigenvalue weighted by molar-refractivity contribution is 4.98. The smallest absolute Gasteiger partial charge is 0.0894 e. The minimum absolute atomic E-state index is 0.122. The molecule has 4 heteroatoms. The van der Waals surface area contributed by atoms with Gasteiger partial charge in [0, 0.05) is 32.7 Å². The Labute approximate surface area is 117 Å². The number of hydrogen-bond donors (Lipinski definition) is 2. The second kappa shape index (κ2) is 7.02. The second-order valence-corrected chi connectivity index (χ2v) is 6.29. The van der Waals surface area contributed by atoms with Gasteiger partial charge in [-0.15, -0.1) is 0 Å². The Balaban J connectivity index is 2.11. The van der Waals surface area contributed by atoms with Crippen molar-refractivity contribution in [3.05, 3.63) is 0 Å². The van der Waals surface area contributed by atoms with Gasteiger partial charge in [0.2, 0.25) is 0 Å². The van der Waals surface area contributed by atoms with E-state index in [2.05, 4.69) is 19.3 Å². The molecule has 0 radical (unpaired) electrons. The van der Waals surface area contributed by atoms with Crippen molar-refractivity contribution >= 4 is 0 Å². The van der Waals surface area contributed by atoms with Crippen LogP contribution in [0.3, 0.4) is 0 Å². The molecule has 0 aromatic rings. The van der Waals surface area contributed by atoms with Gasteiger partial charge in [-0.25, -0.2) is 0 Å². The van der Waals surface area contributed by atoms with Crippen LogP contribution in [0.4, 0.5) is 0 Å². The molecule has 0 aromatic carbocycles. The van der Waals surface area contributed by atoms with E-state index < -0.39 is 0 Å². The molecule has 3 N–H and O–H groups in total. The van der Waals surface area contributed by atoms with Crippen LogP contribution in [0.2, 0.25) is 0 Å². The number of nitrogens with one attached hydrogen (secondary N) is 1. The fourth-order valence-electron chi connectivity index (χ4n) is 4.05. The van der Waals surface area contributed by atoms with E-state index in [0.29, 0.717) is 5.92 Å². The predicted molar refractivity (Wildman–Crippen MR) is 76.6 cm³/mol. The van der Waals surface area contributed by atoms with Crippen molar-refractivity contribution in [3.8, 4) is 0 Å². The molecule has 0 bridgehead atoms. The van der Waals surface area contributed by atoms with Gasteiger partial charge in [0.15, 0.2) is 0 Å². The van der Waals surface area contributed by atoms with E-state index in [1.807, 2.05) is 0 Å². The van der Waals surface area contributed by atoms with E-state index in [-0.39, 0.29) is 11.6 Å². The lowest BCUT2D eigenvalue weighted by molar-refractivity contribution is -0.139. The Kier molecular flexibility index (Phi) is 5.63. The molecule has 1 saturated heterocycles. The highest BCUT2D eigenvalue weighted by Gasteiger charge is 2.45. The lowest BCUT2D eigenvalue weighted by Crippen LogP contribution is -2.61. The largest absolute Gasteiger partial charge is 0.381 e. The maximum absolute atomic E-state index is 6.19. The maximum Gasteiger partial charge on any atom is 0.0894 e. The van der Waals surface area contributed by atoms with E-state index >= 15 is 0 Å². The minimum atomic E-state index is -0.122. The van der Waals surface area contributed by atoms with Crippen molar-refractivity contribution < 1.29 is 9.47 Å². The van der Waals surface area contributed by atoms with Crippen LogP contribution in [0.25, 0.3) is 0 Å². The maximum atomic E-state index is 6.19. The summed E-state index contributed by atoms with van der Waals surface area (Å²) in [7, 11) is 0. The molecule has 0 aromatic heterocycles. The number of rotatable bonds is 5. The van der Waals surface area contributed by atoms with E-state index in [1.165, 1.54) is 25.7 Å². The Hall–Kier alpha value is -0.160. The first kappa shape index (κ1) is 15.2. The van der Waals surface area contributed by atoms with Gasteiger partial charge in [-0.05, 0) is 31.6 Å². The molecule has 1 heterocycles. The van der Waals surface area contributed by atoms with Crippen LogP contribution < -0.4 is 11.3 Å². The summed E-state index contributed by atoms with van der Waals surface area (Å²) in [6.07, 6.45) is 7.14. The minimum Gasteiger partial charge on any atom is -0.381 e. The van der Waals surface area contributed by atoms with Gasteiger partial charge in [-0.1, -0.05) is 19.8 Å². The van der Waals surface area contributed by atoms with Crippen molar-refractivity contribution in [1.29, 1.82) is 0 Å². The van der Waals surface area contributed by atoms with E-state index in [4.69, 9.17) is 15.3 Å². The summed E-state index contributed by atoms with van der Waals surface area (Å²) in [5.41, 5.74) is 2.99. The van der Waals surface area contributed by atoms with Crippen molar-refractivity contribution in [2.24, 2.45) is 17.7 Å². The first-order valence-electron chi connectivity index (χ1n) is 7.89. The summed E-state index contributed by atoms with van der Waals surface area (Å²) in [6.45, 7) is 6.77. The Morgan fingerprint density at radius 2 is 2.11 bits per heavy atom. The molecule has 3 unspecified atom stereocenters. The van der Waals surface area contributed by atoms with Crippen LogP contribution in [0.15, 0.2) is 0 Å². The lowest BCUT2D eigenvalue weighted by atomic mass is 9.71. The van der Waals surface area contributed by atoms with Gasteiger partial charge >= 0.3 is 0 Å². The number of hydrazine groups is 1. The molecule has 2 rings (SSSR count). The van der Waals surface area contributed by atoms with Crippen molar-refractivity contribution in [2.45, 2.75) is 64.0 Å². The summed E-state index contributed by atoms with van der Waals surface area (Å²) in [4.78, 5) is 0. The molecular weight excluding hydrogens is 240 g/mol. The summed E-state index contributed by atoms with van der Waals surface area (Å²) in [6, 6.07) is 0.263. The zero-order valence-electron chi connectivity index (χ0n) is 12.5. The SMILES string of the molecule is CCOC1(C(NN)C2CCCC(C)C2)CCOCC1. The first-order valence-corrected chi connectivity index (χ1v) is 7.89. The Morgan fingerprint density at radius 3 is 2.68 bits per heavy atom. The zero-order valence-corrected chi connectivity index (χ0v) is 12.5. The number of ether oxygens (including phenoxy) is 2. The topological polar surface area (TPSA) is 56.5 Å². The molecule has 2 fully saturated rings. The average Bonchev–Trinajstić information content (AvgIpc) is 2.41. The van der Waals surface area contributed by atoms with E-state index in [9.17, 15) is 0 Å². The van der Waals surface area contributed by atoms with Crippen LogP contribution in [0.1, 0.15) is 52.4 Å². The molecule has 1 aliphatic heterocycles. The third kappa shape index (κ3) is 3.48. The Bertz CT molecular complexity index is 261. The van der Waals surface area contributed by atoms with Gasteiger partial charge in [-0.3, -0.25) is 11.3 Å². The summed E-state index contributed by atoms with van der Waals surface area (Å²) in [5, 5.41) is 0. The highest BCUT2D eigenvalue weighted by Crippen LogP contribution is 2.39. The van der Waals surface area contributed by atoms with E-state index in [1.54, 1.807) is 0 Å². The van der Waals surface area contributed by atoms with Crippen molar-refractivity contribution in [3.63, 3.8) is 0 Å². The van der Waals surface area contributed by atoms with Crippen LogP contribution in [0, 0.1) is 11.8 Å². The summed E-state index contributed by atoms with van der Waals surface area (Å²) >= 11 is 0. The predicted octanol–water partition coefficient (Wildman–Crippen LogP) is 2.23. The molecule has 1 saturated carbocycles. The van der Waals surface area contributed by atoms with Crippen molar-refractivity contribution in [1.82, 2.24) is 5.43 Å². The molecule has 2 aliphatic rings. The molecule has 0 amide bonds. The normalized spacial score (nSPS) is 33.0. The number of hydrogen-bond acceptors (Lipinski definition) is 4. The zero-order chi connectivity index (χ0) is 13.7. The van der Waals surface area contributed by atoms with Gasteiger partial charge in [0.25, 0.3) is 0 Å². The molecule has 1 aliphatic carbocycles. The summed E-state index contributed by atoms with van der Waals surface area (Å²) < 4.78 is 11.7. The van der Waals surface area contributed by atoms with Gasteiger partial charge in [0.1, 0.15) is 0 Å². The monoisotopic (exact) mass is 270 g/mol. The molecule has 19 heavy (non-hydrogen) atoms. The van der Waals surface area contributed by atoms with Crippen LogP contribution in [0.5, 0.6) is 0 Å². The first-order chi connectivity index (χ1) is 9.22. The third-order valence-corrected chi connectivity index (χ3v) is 4.97. The van der Waals surface area contributed by atoms with Crippen LogP contribution >= 0.6 is 0 Å². The molecule has 112 valence electrons. The van der Waals surface area contributed by atoms with E-state index in [0.717, 1.165) is 38.6 Å². The fourth-order valence-corrected chi connectivity index (χ4v) is 4.05. The fraction of sp³-hybridized carbons (Fsp3) is 1.00. The van der Waals surface area contributed by atoms with Crippen LogP contribution in [-0.4, -0.2) is 31.5 Å². The van der Waals surface area contributed by atoms with Crippen molar-refractivity contribution in [2.75, 3.05) is 19.8 Å². The standard InChI is InChI=1S/C15H30N2O2/c1-3-19-15(7-9-18-10-8-15)14(17-16)13-6-4-5-12(2)11-13/h12-14,17H,3-11,16H2,1-2H3. The summed E-state index contributed by atoms with van der Waals surface area (Å²) in [5.74, 6) is 7.38. The second-order valence-electron chi connectivity index (χ2n) is 6.29. The number of nitrogens with two attached hydrogens (primary N) is 1. The third-order valence-electron chi connectivity index (χ3n) is 4.97. The van der Waals surface area contributed by atoms with Gasteiger partial charge in [0.05, 0.1) is 11.6 Å². The molecule has 0 spiro atoms. The van der Waals surface area contributed by atoms with Gasteiger partial charge < -0.3 is 9.47 Å². The Morgan fingerprint density at radius 1 is 1.37 bits per heavy atom. The molecule has 3 atom stereocenters. The average molecular weight is 270 g/mol. The van der Waals surface area contributed by atoms with Crippen LogP contribution in [-0.2, 0) is 9.47 Å².